The molecule has 10 aromatic rings. The lowest BCUT2D eigenvalue weighted by molar-refractivity contribution is 0.477. The lowest BCUT2D eigenvalue weighted by atomic mass is 9.61. The first-order chi connectivity index (χ1) is 29.8. The van der Waals surface area contributed by atoms with Crippen LogP contribution < -0.4 is 0 Å². The number of phenolic OH excluding ortho intramolecular Hbond substituents is 1. The van der Waals surface area contributed by atoms with Crippen LogP contribution in [0.15, 0.2) is 162 Å². The zero-order valence-electron chi connectivity index (χ0n) is 34.5. The fourth-order valence-electron chi connectivity index (χ4n) is 10.5. The Morgan fingerprint density at radius 3 is 1.79 bits per heavy atom. The van der Waals surface area contributed by atoms with E-state index in [4.69, 9.17) is 14.4 Å². The van der Waals surface area contributed by atoms with Gasteiger partial charge < -0.3 is 9.52 Å². The Labute approximate surface area is 354 Å². The molecule has 294 valence electrons. The van der Waals surface area contributed by atoms with Crippen molar-refractivity contribution in [3.8, 4) is 45.3 Å². The van der Waals surface area contributed by atoms with Crippen LogP contribution in [0.2, 0.25) is 0 Å². The number of benzene rings is 7. The zero-order chi connectivity index (χ0) is 41.1. The number of para-hydroxylation sites is 4. The Balaban J connectivity index is 1.18. The summed E-state index contributed by atoms with van der Waals surface area (Å²) in [5, 5.41) is 13.0. The molecule has 0 fully saturated rings. The molecule has 5 nitrogen and oxygen atoms in total. The molecule has 0 saturated carbocycles. The second kappa shape index (κ2) is 13.4. The third-order valence-electron chi connectivity index (χ3n) is 13.2. The van der Waals surface area contributed by atoms with Gasteiger partial charge in [-0.1, -0.05) is 125 Å². The average molecular weight is 790 g/mol. The van der Waals surface area contributed by atoms with Crippen LogP contribution in [0, 0.1) is 0 Å². The van der Waals surface area contributed by atoms with Gasteiger partial charge in [-0.15, -0.1) is 0 Å². The number of fused-ring (bicyclic) bond motifs is 4. The lowest BCUT2D eigenvalue weighted by Gasteiger charge is -2.42. The summed E-state index contributed by atoms with van der Waals surface area (Å²) in [7, 11) is 0. The van der Waals surface area contributed by atoms with Crippen molar-refractivity contribution in [2.75, 3.05) is 0 Å². The molecule has 3 heterocycles. The molecule has 0 aliphatic heterocycles. The van der Waals surface area contributed by atoms with Crippen molar-refractivity contribution in [1.82, 2.24) is 14.5 Å². The first-order valence-electron chi connectivity index (χ1n) is 21.4. The summed E-state index contributed by atoms with van der Waals surface area (Å²) >= 11 is 0. The second-order valence-corrected chi connectivity index (χ2v) is 17.4. The number of imidazole rings is 1. The smallest absolute Gasteiger partial charge is 0.149 e. The van der Waals surface area contributed by atoms with Crippen LogP contribution in [0.5, 0.6) is 5.75 Å². The molecule has 13 rings (SSSR count). The van der Waals surface area contributed by atoms with Gasteiger partial charge in [-0.05, 0) is 117 Å². The standard InChI is InChI=1S/C56H43N3O2/c1-31(2)34-20-13-21-35(32(3)4)54(34)59-49-25-11-10-22-48(49)58-56(59)45-28-33(46-23-14-24-47(57-46)40-19-9-12-26-50(40)60)27-44-41-29-42-43(30-51(41)61-55(44)45)53-38-17-7-5-15-36(38)52(42)37-16-6-8-18-39(37)53/h5-32,52-53,60H,1-4H3. The van der Waals surface area contributed by atoms with Crippen molar-refractivity contribution < 1.29 is 9.52 Å². The number of hydrogen-bond donors (Lipinski definition) is 1. The molecule has 0 spiro atoms. The van der Waals surface area contributed by atoms with Gasteiger partial charge in [-0.2, -0.15) is 0 Å². The first kappa shape index (κ1) is 35.7. The number of furan rings is 1. The molecule has 3 aliphatic rings. The van der Waals surface area contributed by atoms with Gasteiger partial charge >= 0.3 is 0 Å². The third-order valence-corrected chi connectivity index (χ3v) is 13.2. The van der Waals surface area contributed by atoms with E-state index in [-0.39, 0.29) is 29.4 Å². The lowest BCUT2D eigenvalue weighted by Crippen LogP contribution is -2.27. The van der Waals surface area contributed by atoms with E-state index < -0.39 is 0 Å². The average Bonchev–Trinajstić information content (AvgIpc) is 3.85. The summed E-state index contributed by atoms with van der Waals surface area (Å²) in [6.07, 6.45) is 0. The van der Waals surface area contributed by atoms with Gasteiger partial charge in [0.2, 0.25) is 0 Å². The van der Waals surface area contributed by atoms with Gasteiger partial charge in [0, 0.05) is 33.7 Å². The Hall–Kier alpha value is -7.24. The Morgan fingerprint density at radius 2 is 1.11 bits per heavy atom. The van der Waals surface area contributed by atoms with Crippen LogP contribution in [-0.2, 0) is 0 Å². The minimum absolute atomic E-state index is 0.132. The summed E-state index contributed by atoms with van der Waals surface area (Å²) in [6.45, 7) is 9.09. The molecule has 3 aliphatic carbocycles. The third kappa shape index (κ3) is 5.26. The molecule has 61 heavy (non-hydrogen) atoms. The number of pyridine rings is 1. The predicted octanol–water partition coefficient (Wildman–Crippen LogP) is 14.3. The zero-order valence-corrected chi connectivity index (χ0v) is 34.5. The van der Waals surface area contributed by atoms with E-state index in [0.29, 0.717) is 11.3 Å². The second-order valence-electron chi connectivity index (χ2n) is 17.4. The van der Waals surface area contributed by atoms with Crippen LogP contribution >= 0.6 is 0 Å². The number of phenols is 1. The first-order valence-corrected chi connectivity index (χ1v) is 21.4. The molecule has 0 unspecified atom stereocenters. The molecule has 3 aromatic heterocycles. The highest BCUT2D eigenvalue weighted by Crippen LogP contribution is 2.57. The van der Waals surface area contributed by atoms with Gasteiger partial charge in [-0.25, -0.2) is 9.97 Å². The van der Waals surface area contributed by atoms with Crippen molar-refractivity contribution >= 4 is 33.0 Å². The maximum atomic E-state index is 10.9. The molecule has 0 amide bonds. The molecule has 0 radical (unpaired) electrons. The fraction of sp³-hybridized carbons (Fsp3) is 0.143. The largest absolute Gasteiger partial charge is 0.507 e. The molecule has 7 aromatic carbocycles. The monoisotopic (exact) mass is 789 g/mol. The predicted molar refractivity (Wildman–Crippen MR) is 247 cm³/mol. The molecule has 2 bridgehead atoms. The van der Waals surface area contributed by atoms with E-state index in [1.54, 1.807) is 6.07 Å². The van der Waals surface area contributed by atoms with Gasteiger partial charge in [0.25, 0.3) is 0 Å². The summed E-state index contributed by atoms with van der Waals surface area (Å²) < 4.78 is 9.61. The van der Waals surface area contributed by atoms with Gasteiger partial charge in [0.05, 0.1) is 33.7 Å². The van der Waals surface area contributed by atoms with Crippen molar-refractivity contribution in [1.29, 1.82) is 0 Å². The maximum absolute atomic E-state index is 10.9. The highest BCUT2D eigenvalue weighted by atomic mass is 16.3. The number of aromatic hydroxyl groups is 1. The topological polar surface area (TPSA) is 64.1 Å². The van der Waals surface area contributed by atoms with Crippen LogP contribution in [0.3, 0.4) is 0 Å². The van der Waals surface area contributed by atoms with Crippen molar-refractivity contribution in [2.24, 2.45) is 0 Å². The minimum Gasteiger partial charge on any atom is -0.507 e. The van der Waals surface area contributed by atoms with Gasteiger partial charge in [0.1, 0.15) is 22.7 Å². The molecular formula is C56H43N3O2. The summed E-state index contributed by atoms with van der Waals surface area (Å²) in [6, 6.07) is 55.7. The normalized spacial score (nSPS) is 15.2. The van der Waals surface area contributed by atoms with Crippen molar-refractivity contribution in [3.05, 3.63) is 202 Å². The highest BCUT2D eigenvalue weighted by molar-refractivity contribution is 6.12. The number of hydrogen-bond acceptors (Lipinski definition) is 4. The van der Waals surface area contributed by atoms with Gasteiger partial charge in [-0.3, -0.25) is 4.57 Å². The highest BCUT2D eigenvalue weighted by Gasteiger charge is 2.41. The van der Waals surface area contributed by atoms with Crippen molar-refractivity contribution in [3.63, 3.8) is 0 Å². The summed E-state index contributed by atoms with van der Waals surface area (Å²) in [5.74, 6) is 1.83. The Morgan fingerprint density at radius 1 is 0.525 bits per heavy atom. The fourth-order valence-corrected chi connectivity index (χ4v) is 10.5. The van der Waals surface area contributed by atoms with E-state index >= 15 is 0 Å². The molecule has 0 atom stereocenters. The van der Waals surface area contributed by atoms with E-state index in [1.165, 1.54) is 50.2 Å². The Kier molecular flexibility index (Phi) is 7.83. The van der Waals surface area contributed by atoms with Crippen molar-refractivity contribution in [2.45, 2.75) is 51.4 Å². The van der Waals surface area contributed by atoms with E-state index in [0.717, 1.165) is 55.6 Å². The maximum Gasteiger partial charge on any atom is 0.149 e. The quantitative estimate of drug-likeness (QED) is 0.182. The SMILES string of the molecule is CC(C)c1cccc(C(C)C)c1-n1c(-c2cc(-c3cccc(-c4ccccc4O)n3)cc3c2oc2cc4c(cc23)C2c3ccccc3C4c3ccccc32)nc2ccccc21. The minimum atomic E-state index is 0.132. The summed E-state index contributed by atoms with van der Waals surface area (Å²) in [5.41, 5.74) is 19.5. The molecule has 0 saturated heterocycles. The Bertz CT molecular complexity index is 3350. The van der Waals surface area contributed by atoms with Crippen LogP contribution in [0.25, 0.3) is 72.6 Å². The van der Waals surface area contributed by atoms with E-state index in [1.807, 2.05) is 30.3 Å². The molecule has 1 N–H and O–H groups in total. The molecule has 5 heteroatoms. The molecular weight excluding hydrogens is 747 g/mol. The van der Waals surface area contributed by atoms with Crippen LogP contribution in [-0.4, -0.2) is 19.6 Å². The van der Waals surface area contributed by atoms with E-state index in [2.05, 4.69) is 154 Å². The van der Waals surface area contributed by atoms with Gasteiger partial charge in [0.15, 0.2) is 0 Å². The number of rotatable bonds is 6. The number of nitrogens with zero attached hydrogens (tertiary/aromatic N) is 3. The summed E-state index contributed by atoms with van der Waals surface area (Å²) in [4.78, 5) is 10.7. The van der Waals surface area contributed by atoms with E-state index in [9.17, 15) is 5.11 Å². The number of aromatic nitrogens is 3. The van der Waals surface area contributed by atoms with Crippen LogP contribution in [0.4, 0.5) is 0 Å². The van der Waals surface area contributed by atoms with Crippen LogP contribution in [0.1, 0.15) is 95.9 Å².